The molecule has 0 saturated heterocycles. The van der Waals surface area contributed by atoms with E-state index in [2.05, 4.69) is 14.9 Å². The molecule has 7 heteroatoms. The van der Waals surface area contributed by atoms with E-state index in [1.54, 1.807) is 0 Å². The van der Waals surface area contributed by atoms with Gasteiger partial charge in [-0.1, -0.05) is 5.16 Å². The maximum Gasteiger partial charge on any atom is 0.356 e. The number of pyridine rings is 1. The molecule has 102 valence electrons. The van der Waals surface area contributed by atoms with E-state index < -0.39 is 5.97 Å². The van der Waals surface area contributed by atoms with Crippen molar-refractivity contribution < 1.29 is 19.5 Å². The molecule has 0 radical (unpaired) electrons. The van der Waals surface area contributed by atoms with Crippen LogP contribution in [0.25, 0.3) is 0 Å². The fourth-order valence-corrected chi connectivity index (χ4v) is 1.64. The summed E-state index contributed by atoms with van der Waals surface area (Å²) in [6.07, 6.45) is 3.15. The summed E-state index contributed by atoms with van der Waals surface area (Å²) in [6, 6.07) is 2.91. The monoisotopic (exact) mass is 265 g/mol. The molecular weight excluding hydrogens is 250 g/mol. The Labute approximate surface area is 110 Å². The van der Waals surface area contributed by atoms with Crippen molar-refractivity contribution in [2.45, 2.75) is 25.4 Å². The number of amidine groups is 1. The van der Waals surface area contributed by atoms with Crippen LogP contribution in [0.3, 0.4) is 0 Å². The second-order valence-corrected chi connectivity index (χ2v) is 4.23. The number of ether oxygens (including phenoxy) is 2. The van der Waals surface area contributed by atoms with Crippen LogP contribution in [0.5, 0.6) is 5.88 Å². The molecule has 7 nitrogen and oxygen atoms in total. The van der Waals surface area contributed by atoms with Gasteiger partial charge >= 0.3 is 5.97 Å². The predicted octanol–water partition coefficient (Wildman–Crippen LogP) is 0.894. The number of oxime groups is 1. The number of hydrogen-bond acceptors (Lipinski definition) is 6. The largest absolute Gasteiger partial charge is 0.474 e. The lowest BCUT2D eigenvalue weighted by molar-refractivity contribution is 0.0589. The smallest absolute Gasteiger partial charge is 0.356 e. The van der Waals surface area contributed by atoms with Gasteiger partial charge in [0.1, 0.15) is 6.10 Å². The number of carbonyl (C=O) groups excluding carboxylic acids is 1. The van der Waals surface area contributed by atoms with E-state index in [1.165, 1.54) is 19.2 Å². The molecule has 0 bridgehead atoms. The SMILES string of the molecule is COC(=O)c1cc(C(N)=NO)cc(OC2CCC2)n1. The first-order valence-electron chi connectivity index (χ1n) is 5.89. The third kappa shape index (κ3) is 2.93. The first-order chi connectivity index (χ1) is 9.13. The van der Waals surface area contributed by atoms with E-state index in [0.717, 1.165) is 19.3 Å². The minimum absolute atomic E-state index is 0.0564. The zero-order valence-corrected chi connectivity index (χ0v) is 10.5. The molecule has 2 rings (SSSR count). The number of hydrogen-bond donors (Lipinski definition) is 2. The molecule has 1 heterocycles. The van der Waals surface area contributed by atoms with Crippen LogP contribution < -0.4 is 10.5 Å². The first-order valence-corrected chi connectivity index (χ1v) is 5.89. The van der Waals surface area contributed by atoms with Crippen molar-refractivity contribution in [1.82, 2.24) is 4.98 Å². The van der Waals surface area contributed by atoms with Crippen LogP contribution in [-0.2, 0) is 4.74 Å². The Bertz CT molecular complexity index is 512. The Morgan fingerprint density at radius 2 is 2.26 bits per heavy atom. The van der Waals surface area contributed by atoms with Gasteiger partial charge in [0.05, 0.1) is 7.11 Å². The zero-order valence-electron chi connectivity index (χ0n) is 10.5. The molecule has 1 saturated carbocycles. The molecule has 0 amide bonds. The molecule has 0 atom stereocenters. The molecule has 19 heavy (non-hydrogen) atoms. The van der Waals surface area contributed by atoms with Crippen LogP contribution in [0, 0.1) is 0 Å². The van der Waals surface area contributed by atoms with E-state index >= 15 is 0 Å². The van der Waals surface area contributed by atoms with Gasteiger partial charge < -0.3 is 20.4 Å². The van der Waals surface area contributed by atoms with Gasteiger partial charge in [0.2, 0.25) is 5.88 Å². The topological polar surface area (TPSA) is 107 Å². The fourth-order valence-electron chi connectivity index (χ4n) is 1.64. The molecule has 0 unspecified atom stereocenters. The Balaban J connectivity index is 2.32. The lowest BCUT2D eigenvalue weighted by Crippen LogP contribution is -2.25. The van der Waals surface area contributed by atoms with Gasteiger partial charge in [-0.2, -0.15) is 0 Å². The molecule has 0 aliphatic heterocycles. The Morgan fingerprint density at radius 1 is 1.53 bits per heavy atom. The van der Waals surface area contributed by atoms with Crippen LogP contribution >= 0.6 is 0 Å². The average Bonchev–Trinajstić information content (AvgIpc) is 2.40. The van der Waals surface area contributed by atoms with Crippen molar-refractivity contribution in [3.63, 3.8) is 0 Å². The average molecular weight is 265 g/mol. The zero-order chi connectivity index (χ0) is 13.8. The summed E-state index contributed by atoms with van der Waals surface area (Å²) in [6.45, 7) is 0. The first kappa shape index (κ1) is 13.1. The molecule has 1 aliphatic carbocycles. The van der Waals surface area contributed by atoms with Crippen LogP contribution in [0.4, 0.5) is 0 Å². The second kappa shape index (κ2) is 5.55. The number of rotatable bonds is 4. The molecule has 1 aromatic heterocycles. The minimum Gasteiger partial charge on any atom is -0.474 e. The van der Waals surface area contributed by atoms with E-state index in [0.29, 0.717) is 5.56 Å². The predicted molar refractivity (Wildman–Crippen MR) is 66.4 cm³/mol. The molecule has 0 spiro atoms. The number of carbonyl (C=O) groups is 1. The van der Waals surface area contributed by atoms with Crippen molar-refractivity contribution in [2.24, 2.45) is 10.9 Å². The normalized spacial score (nSPS) is 15.7. The van der Waals surface area contributed by atoms with Crippen LogP contribution in [0.15, 0.2) is 17.3 Å². The highest BCUT2D eigenvalue weighted by Crippen LogP contribution is 2.25. The van der Waals surface area contributed by atoms with Crippen LogP contribution in [0.1, 0.15) is 35.3 Å². The highest BCUT2D eigenvalue weighted by molar-refractivity contribution is 5.99. The van der Waals surface area contributed by atoms with Crippen molar-refractivity contribution in [2.75, 3.05) is 7.11 Å². The highest BCUT2D eigenvalue weighted by Gasteiger charge is 2.21. The Hall–Kier alpha value is -2.31. The summed E-state index contributed by atoms with van der Waals surface area (Å²) in [5.41, 5.74) is 5.93. The standard InChI is InChI=1S/C12H15N3O4/c1-18-12(16)9-5-7(11(13)15-17)6-10(14-9)19-8-3-2-4-8/h5-6,8,17H,2-4H2,1H3,(H2,13,15). The van der Waals surface area contributed by atoms with Gasteiger partial charge in [0.25, 0.3) is 0 Å². The van der Waals surface area contributed by atoms with Crippen molar-refractivity contribution in [3.8, 4) is 5.88 Å². The van der Waals surface area contributed by atoms with Crippen molar-refractivity contribution >= 4 is 11.8 Å². The van der Waals surface area contributed by atoms with Gasteiger partial charge in [0.15, 0.2) is 11.5 Å². The number of aromatic nitrogens is 1. The summed E-state index contributed by atoms with van der Waals surface area (Å²) < 4.78 is 10.2. The maximum absolute atomic E-state index is 11.5. The van der Waals surface area contributed by atoms with Gasteiger partial charge in [-0.15, -0.1) is 0 Å². The van der Waals surface area contributed by atoms with Gasteiger partial charge in [0, 0.05) is 11.6 Å². The van der Waals surface area contributed by atoms with Gasteiger partial charge in [-0.3, -0.25) is 0 Å². The lowest BCUT2D eigenvalue weighted by atomic mass is 9.96. The summed E-state index contributed by atoms with van der Waals surface area (Å²) in [5.74, 6) is -0.453. The number of nitrogens with zero attached hydrogens (tertiary/aromatic N) is 2. The van der Waals surface area contributed by atoms with Gasteiger partial charge in [-0.05, 0) is 25.3 Å². The lowest BCUT2D eigenvalue weighted by Gasteiger charge is -2.25. The molecule has 1 aliphatic rings. The van der Waals surface area contributed by atoms with Gasteiger partial charge in [-0.25, -0.2) is 9.78 Å². The van der Waals surface area contributed by atoms with Crippen LogP contribution in [-0.4, -0.2) is 35.2 Å². The maximum atomic E-state index is 11.5. The van der Waals surface area contributed by atoms with E-state index in [9.17, 15) is 4.79 Å². The Morgan fingerprint density at radius 3 is 2.79 bits per heavy atom. The van der Waals surface area contributed by atoms with E-state index in [-0.39, 0.29) is 23.5 Å². The number of nitrogens with two attached hydrogens (primary N) is 1. The molecule has 1 aromatic rings. The quantitative estimate of drug-likeness (QED) is 0.275. The Kier molecular flexibility index (Phi) is 3.84. The molecule has 1 fully saturated rings. The number of esters is 1. The third-order valence-corrected chi connectivity index (χ3v) is 2.94. The molecular formula is C12H15N3O4. The fraction of sp³-hybridized carbons (Fsp3) is 0.417. The van der Waals surface area contributed by atoms with Crippen LogP contribution in [0.2, 0.25) is 0 Å². The van der Waals surface area contributed by atoms with E-state index in [4.69, 9.17) is 15.7 Å². The summed E-state index contributed by atoms with van der Waals surface area (Å²) in [5, 5.41) is 11.6. The van der Waals surface area contributed by atoms with E-state index in [1.807, 2.05) is 0 Å². The minimum atomic E-state index is -0.606. The summed E-state index contributed by atoms with van der Waals surface area (Å²) in [7, 11) is 1.26. The molecule has 3 N–H and O–H groups in total. The highest BCUT2D eigenvalue weighted by atomic mass is 16.5. The third-order valence-electron chi connectivity index (χ3n) is 2.94. The van der Waals surface area contributed by atoms with Crippen molar-refractivity contribution in [1.29, 1.82) is 0 Å². The number of methoxy groups -OCH3 is 1. The summed E-state index contributed by atoms with van der Waals surface area (Å²) in [4.78, 5) is 15.6. The second-order valence-electron chi connectivity index (χ2n) is 4.23. The van der Waals surface area contributed by atoms with Crippen molar-refractivity contribution in [3.05, 3.63) is 23.4 Å². The summed E-state index contributed by atoms with van der Waals surface area (Å²) >= 11 is 0. The molecule has 0 aromatic carbocycles.